The number of sulfonamides is 1. The zero-order valence-electron chi connectivity index (χ0n) is 15.6. The van der Waals surface area contributed by atoms with Crippen molar-refractivity contribution in [2.24, 2.45) is 11.7 Å². The molecule has 0 spiro atoms. The summed E-state index contributed by atoms with van der Waals surface area (Å²) in [4.78, 5) is 24.2. The van der Waals surface area contributed by atoms with Crippen molar-refractivity contribution >= 4 is 21.7 Å². The number of amides is 1. The second-order valence-corrected chi connectivity index (χ2v) is 9.34. The molecule has 148 valence electrons. The van der Waals surface area contributed by atoms with Crippen LogP contribution >= 0.6 is 0 Å². The van der Waals surface area contributed by atoms with E-state index < -0.39 is 16.1 Å². The van der Waals surface area contributed by atoms with Crippen molar-refractivity contribution in [3.8, 4) is 0 Å². The van der Waals surface area contributed by atoms with E-state index >= 15 is 0 Å². The highest BCUT2D eigenvalue weighted by molar-refractivity contribution is 7.89. The number of nitrogens with zero attached hydrogens (tertiary/aromatic N) is 1. The first-order valence-corrected chi connectivity index (χ1v) is 10.9. The minimum atomic E-state index is -3.81. The van der Waals surface area contributed by atoms with Crippen LogP contribution in [-0.2, 0) is 14.8 Å². The van der Waals surface area contributed by atoms with Crippen LogP contribution in [0.3, 0.4) is 0 Å². The van der Waals surface area contributed by atoms with Crippen molar-refractivity contribution in [3.05, 3.63) is 29.8 Å². The van der Waals surface area contributed by atoms with Crippen molar-refractivity contribution in [1.82, 2.24) is 9.62 Å². The number of rotatable bonds is 7. The second kappa shape index (κ2) is 8.08. The number of nitrogens with two attached hydrogens (primary N) is 1. The minimum Gasteiger partial charge on any atom is -0.353 e. The molecular formula is C19H27N3O4S. The third kappa shape index (κ3) is 4.56. The summed E-state index contributed by atoms with van der Waals surface area (Å²) in [7, 11) is -3.81. The van der Waals surface area contributed by atoms with Crippen LogP contribution in [0.4, 0.5) is 0 Å². The Kier molecular flexibility index (Phi) is 5.98. The van der Waals surface area contributed by atoms with Crippen LogP contribution < -0.4 is 11.1 Å². The van der Waals surface area contributed by atoms with Gasteiger partial charge in [-0.1, -0.05) is 18.6 Å². The summed E-state index contributed by atoms with van der Waals surface area (Å²) in [6, 6.07) is 5.08. The van der Waals surface area contributed by atoms with Gasteiger partial charge in [-0.3, -0.25) is 9.59 Å². The van der Waals surface area contributed by atoms with Crippen molar-refractivity contribution in [2.45, 2.75) is 56.0 Å². The first-order chi connectivity index (χ1) is 12.8. The van der Waals surface area contributed by atoms with E-state index in [2.05, 4.69) is 5.32 Å². The maximum atomic E-state index is 13.1. The van der Waals surface area contributed by atoms with Crippen LogP contribution in [0, 0.1) is 5.92 Å². The Morgan fingerprint density at radius 3 is 2.44 bits per heavy atom. The van der Waals surface area contributed by atoms with E-state index in [0.717, 1.165) is 25.7 Å². The Balaban J connectivity index is 1.74. The monoisotopic (exact) mass is 393 g/mol. The Bertz CT molecular complexity index is 803. The fourth-order valence-electron chi connectivity index (χ4n) is 3.48. The zero-order valence-corrected chi connectivity index (χ0v) is 16.4. The quantitative estimate of drug-likeness (QED) is 0.678. The Labute approximate surface area is 160 Å². The molecule has 1 amide bonds. The predicted octanol–water partition coefficient (Wildman–Crippen LogP) is 1.29. The molecule has 1 aliphatic carbocycles. The third-order valence-electron chi connectivity index (χ3n) is 5.36. The second-order valence-electron chi connectivity index (χ2n) is 7.45. The number of carbonyl (C=O) groups excluding carboxylic acids is 2. The van der Waals surface area contributed by atoms with E-state index in [1.54, 1.807) is 0 Å². The molecule has 8 heteroatoms. The molecule has 2 fully saturated rings. The van der Waals surface area contributed by atoms with E-state index in [9.17, 15) is 18.0 Å². The Hall–Kier alpha value is -1.77. The fraction of sp³-hybridized carbons (Fsp3) is 0.579. The van der Waals surface area contributed by atoms with Crippen molar-refractivity contribution in [3.63, 3.8) is 0 Å². The summed E-state index contributed by atoms with van der Waals surface area (Å²) in [5, 5.41) is 2.84. The number of hydrogen-bond acceptors (Lipinski definition) is 5. The molecule has 27 heavy (non-hydrogen) atoms. The topological polar surface area (TPSA) is 110 Å². The molecule has 1 saturated heterocycles. The zero-order chi connectivity index (χ0) is 19.6. The van der Waals surface area contributed by atoms with Crippen molar-refractivity contribution in [2.75, 3.05) is 13.1 Å². The van der Waals surface area contributed by atoms with E-state index in [-0.39, 0.29) is 22.6 Å². The van der Waals surface area contributed by atoms with Crippen LogP contribution in [0.1, 0.15) is 49.4 Å². The van der Waals surface area contributed by atoms with Crippen LogP contribution in [0.15, 0.2) is 29.2 Å². The van der Waals surface area contributed by atoms with Gasteiger partial charge in [0.25, 0.3) is 0 Å². The van der Waals surface area contributed by atoms with Crippen molar-refractivity contribution < 1.29 is 18.0 Å². The van der Waals surface area contributed by atoms with Crippen molar-refractivity contribution in [1.29, 1.82) is 0 Å². The smallest absolute Gasteiger partial charge is 0.243 e. The van der Waals surface area contributed by atoms with Crippen LogP contribution in [0.2, 0.25) is 0 Å². The summed E-state index contributed by atoms with van der Waals surface area (Å²) in [6.07, 6.45) is 4.21. The highest BCUT2D eigenvalue weighted by Gasteiger charge is 2.38. The molecule has 1 saturated carbocycles. The lowest BCUT2D eigenvalue weighted by Gasteiger charge is -2.34. The number of nitrogens with one attached hydrogen (secondary N) is 1. The van der Waals surface area contributed by atoms with Gasteiger partial charge in [0.2, 0.25) is 15.9 Å². The maximum Gasteiger partial charge on any atom is 0.243 e. The van der Waals surface area contributed by atoms with Gasteiger partial charge in [0.05, 0.1) is 4.90 Å². The molecular weight excluding hydrogens is 366 g/mol. The van der Waals surface area contributed by atoms with Gasteiger partial charge >= 0.3 is 0 Å². The lowest BCUT2D eigenvalue weighted by Crippen LogP contribution is -2.53. The predicted molar refractivity (Wildman–Crippen MR) is 102 cm³/mol. The minimum absolute atomic E-state index is 0.0678. The molecule has 1 aliphatic heterocycles. The number of benzene rings is 1. The Morgan fingerprint density at radius 1 is 1.19 bits per heavy atom. The molecule has 0 aromatic heterocycles. The van der Waals surface area contributed by atoms with Crippen LogP contribution in [0.5, 0.6) is 0 Å². The molecule has 7 nitrogen and oxygen atoms in total. The van der Waals surface area contributed by atoms with Gasteiger partial charge < -0.3 is 11.1 Å². The average Bonchev–Trinajstić information content (AvgIpc) is 3.51. The molecule has 1 heterocycles. The molecule has 3 N–H and O–H groups in total. The average molecular weight is 394 g/mol. The largest absolute Gasteiger partial charge is 0.353 e. The number of piperidine rings is 1. The van der Waals surface area contributed by atoms with Gasteiger partial charge in [-0.15, -0.1) is 0 Å². The summed E-state index contributed by atoms with van der Waals surface area (Å²) >= 11 is 0. The SMILES string of the molecule is CC(=O)c1ccc(S(=O)(=O)N2CCCCC2C(=O)NCC(N)C2CC2)cc1. The summed E-state index contributed by atoms with van der Waals surface area (Å²) in [5.41, 5.74) is 6.49. The van der Waals surface area contributed by atoms with Gasteiger partial charge in [0.1, 0.15) is 6.04 Å². The first-order valence-electron chi connectivity index (χ1n) is 9.47. The van der Waals surface area contributed by atoms with E-state index in [4.69, 9.17) is 5.73 Å². The molecule has 1 aromatic carbocycles. The molecule has 0 radical (unpaired) electrons. The number of ketones is 1. The summed E-state index contributed by atoms with van der Waals surface area (Å²) < 4.78 is 27.4. The number of carbonyl (C=O) groups is 2. The fourth-order valence-corrected chi connectivity index (χ4v) is 5.14. The molecule has 3 rings (SSSR count). The highest BCUT2D eigenvalue weighted by Crippen LogP contribution is 2.31. The number of hydrogen-bond donors (Lipinski definition) is 2. The van der Waals surface area contributed by atoms with Crippen LogP contribution in [-0.4, -0.2) is 49.6 Å². The van der Waals surface area contributed by atoms with E-state index in [1.807, 2.05) is 0 Å². The van der Waals surface area contributed by atoms with Gasteiger partial charge in [-0.05, 0) is 50.7 Å². The lowest BCUT2D eigenvalue weighted by atomic mass is 10.0. The van der Waals surface area contributed by atoms with Gasteiger partial charge in [0.15, 0.2) is 5.78 Å². The van der Waals surface area contributed by atoms with Gasteiger partial charge in [-0.2, -0.15) is 4.31 Å². The summed E-state index contributed by atoms with van der Waals surface area (Å²) in [5.74, 6) is 0.0622. The first kappa shape index (κ1) is 20.0. The number of Topliss-reactive ketones (excluding diaryl/α,β-unsaturated/α-hetero) is 1. The maximum absolute atomic E-state index is 13.1. The summed E-state index contributed by atoms with van der Waals surface area (Å²) in [6.45, 7) is 2.12. The van der Waals surface area contributed by atoms with E-state index in [1.165, 1.54) is 35.5 Å². The molecule has 2 unspecified atom stereocenters. The van der Waals surface area contributed by atoms with Gasteiger partial charge in [-0.25, -0.2) is 8.42 Å². The highest BCUT2D eigenvalue weighted by atomic mass is 32.2. The van der Waals surface area contributed by atoms with Crippen LogP contribution in [0.25, 0.3) is 0 Å². The standard InChI is InChI=1S/C19H27N3O4S/c1-13(23)14-7-9-16(10-8-14)27(25,26)22-11-3-2-4-18(22)19(24)21-12-17(20)15-5-6-15/h7-10,15,17-18H,2-6,11-12,20H2,1H3,(H,21,24). The molecule has 2 aliphatic rings. The van der Waals surface area contributed by atoms with Gasteiger partial charge in [0, 0.05) is 24.7 Å². The third-order valence-corrected chi connectivity index (χ3v) is 7.29. The molecule has 0 bridgehead atoms. The lowest BCUT2D eigenvalue weighted by molar-refractivity contribution is -0.125. The van der Waals surface area contributed by atoms with E-state index in [0.29, 0.717) is 31.0 Å². The molecule has 2 atom stereocenters. The molecule has 1 aromatic rings. The Morgan fingerprint density at radius 2 is 1.85 bits per heavy atom. The normalized spacial score (nSPS) is 22.2.